The minimum Gasteiger partial charge on any atom is -0.355 e. The van der Waals surface area contributed by atoms with Gasteiger partial charge in [-0.25, -0.2) is 0 Å². The maximum atomic E-state index is 13.0. The zero-order valence-electron chi connectivity index (χ0n) is 19.5. The summed E-state index contributed by atoms with van der Waals surface area (Å²) in [7, 11) is 0. The molecule has 6 heteroatoms. The number of hydrogen-bond donors (Lipinski definition) is 2. The van der Waals surface area contributed by atoms with Gasteiger partial charge >= 0.3 is 0 Å². The third-order valence-corrected chi connectivity index (χ3v) is 8.66. The van der Waals surface area contributed by atoms with E-state index >= 15 is 0 Å². The molecule has 31 heavy (non-hydrogen) atoms. The highest BCUT2D eigenvalue weighted by molar-refractivity contribution is 5.84. The summed E-state index contributed by atoms with van der Waals surface area (Å²) >= 11 is 0. The lowest BCUT2D eigenvalue weighted by atomic mass is 9.49. The Morgan fingerprint density at radius 2 is 1.48 bits per heavy atom. The van der Waals surface area contributed by atoms with Crippen LogP contribution in [0.1, 0.15) is 84.5 Å². The molecule has 3 amide bonds. The van der Waals surface area contributed by atoms with Crippen LogP contribution in [0.2, 0.25) is 0 Å². The van der Waals surface area contributed by atoms with Crippen LogP contribution in [0.4, 0.5) is 0 Å². The monoisotopic (exact) mass is 431 g/mol. The predicted molar refractivity (Wildman–Crippen MR) is 120 cm³/mol. The highest BCUT2D eigenvalue weighted by atomic mass is 16.2. The topological polar surface area (TPSA) is 78.5 Å². The Bertz CT molecular complexity index is 644. The Morgan fingerprint density at radius 1 is 0.935 bits per heavy atom. The fourth-order valence-electron chi connectivity index (χ4n) is 7.31. The van der Waals surface area contributed by atoms with Crippen molar-refractivity contribution in [2.45, 2.75) is 90.5 Å². The van der Waals surface area contributed by atoms with Crippen LogP contribution in [0.5, 0.6) is 0 Å². The molecule has 1 heterocycles. The molecule has 0 aromatic carbocycles. The van der Waals surface area contributed by atoms with Crippen LogP contribution in [0.25, 0.3) is 0 Å². The highest BCUT2D eigenvalue weighted by Crippen LogP contribution is 2.60. The van der Waals surface area contributed by atoms with Gasteiger partial charge in [0, 0.05) is 43.4 Å². The number of likely N-dealkylation sites (tertiary alicyclic amines) is 1. The van der Waals surface area contributed by atoms with Crippen LogP contribution in [0.3, 0.4) is 0 Å². The molecule has 174 valence electrons. The van der Waals surface area contributed by atoms with Gasteiger partial charge in [0.25, 0.3) is 0 Å². The van der Waals surface area contributed by atoms with Gasteiger partial charge in [0.15, 0.2) is 0 Å². The maximum Gasteiger partial charge on any atom is 0.226 e. The van der Waals surface area contributed by atoms with Crippen molar-refractivity contribution in [2.24, 2.45) is 29.1 Å². The summed E-state index contributed by atoms with van der Waals surface area (Å²) in [6.45, 7) is 6.02. The van der Waals surface area contributed by atoms with Gasteiger partial charge in [0.1, 0.15) is 0 Å². The molecule has 4 aliphatic carbocycles. The fraction of sp³-hybridized carbons (Fsp3) is 0.880. The molecule has 5 aliphatic rings. The Hall–Kier alpha value is -1.59. The van der Waals surface area contributed by atoms with Crippen LogP contribution >= 0.6 is 0 Å². The first-order chi connectivity index (χ1) is 14.9. The van der Waals surface area contributed by atoms with Gasteiger partial charge in [-0.2, -0.15) is 0 Å². The molecule has 0 atom stereocenters. The zero-order chi connectivity index (χ0) is 22.0. The molecule has 5 fully saturated rings. The first-order valence-electron chi connectivity index (χ1n) is 12.8. The van der Waals surface area contributed by atoms with Gasteiger partial charge in [-0.3, -0.25) is 14.4 Å². The molecule has 0 radical (unpaired) electrons. The Kier molecular flexibility index (Phi) is 6.92. The average molecular weight is 432 g/mol. The second-order valence-corrected chi connectivity index (χ2v) is 10.9. The standard InChI is InChI=1S/C25H41N3O3/c1-3-20(4-2)23(30)28-9-6-21(7-10-28)27-22(29)5-8-26-24(31)25-14-17-11-18(15-25)13-19(12-17)16-25/h17-21H,3-16H2,1-2H3,(H,26,31)(H,27,29). The van der Waals surface area contributed by atoms with E-state index in [1.807, 2.05) is 4.90 Å². The molecule has 0 spiro atoms. The second kappa shape index (κ2) is 9.50. The maximum absolute atomic E-state index is 13.0. The summed E-state index contributed by atoms with van der Waals surface area (Å²) in [6.07, 6.45) is 10.9. The Labute approximate surface area is 187 Å². The number of carbonyl (C=O) groups excluding carboxylic acids is 3. The molecule has 6 nitrogen and oxygen atoms in total. The normalized spacial score (nSPS) is 32.4. The summed E-state index contributed by atoms with van der Waals surface area (Å²) in [6, 6.07) is 0.136. The largest absolute Gasteiger partial charge is 0.355 e. The van der Waals surface area contributed by atoms with Gasteiger partial charge in [-0.15, -0.1) is 0 Å². The third-order valence-electron chi connectivity index (χ3n) is 8.66. The van der Waals surface area contributed by atoms with E-state index in [2.05, 4.69) is 24.5 Å². The van der Waals surface area contributed by atoms with Crippen LogP contribution in [0.15, 0.2) is 0 Å². The lowest BCUT2D eigenvalue weighted by Gasteiger charge is -2.55. The number of hydrogen-bond acceptors (Lipinski definition) is 3. The van der Waals surface area contributed by atoms with E-state index in [1.165, 1.54) is 19.3 Å². The van der Waals surface area contributed by atoms with Crippen LogP contribution < -0.4 is 10.6 Å². The van der Waals surface area contributed by atoms with Crippen LogP contribution in [-0.4, -0.2) is 48.3 Å². The summed E-state index contributed by atoms with van der Waals surface area (Å²) < 4.78 is 0. The summed E-state index contributed by atoms with van der Waals surface area (Å²) in [5.74, 6) is 2.86. The molecule has 1 saturated heterocycles. The Balaban J connectivity index is 1.15. The average Bonchev–Trinajstić information content (AvgIpc) is 2.74. The van der Waals surface area contributed by atoms with Crippen molar-refractivity contribution >= 4 is 17.7 Å². The van der Waals surface area contributed by atoms with E-state index in [0.29, 0.717) is 13.0 Å². The minimum absolute atomic E-state index is 0.00980. The number of carbonyl (C=O) groups is 3. The number of nitrogens with one attached hydrogen (secondary N) is 2. The summed E-state index contributed by atoms with van der Waals surface area (Å²) in [4.78, 5) is 39.9. The van der Waals surface area contributed by atoms with E-state index in [0.717, 1.165) is 75.8 Å². The third kappa shape index (κ3) is 4.93. The SMILES string of the molecule is CCC(CC)C(=O)N1CCC(NC(=O)CCNC(=O)C23CC4CC(CC(C4)C2)C3)CC1. The molecule has 0 aromatic heterocycles. The van der Waals surface area contributed by atoms with E-state index < -0.39 is 0 Å². The molecule has 4 saturated carbocycles. The second-order valence-electron chi connectivity index (χ2n) is 10.9. The lowest BCUT2D eigenvalue weighted by Crippen LogP contribution is -2.54. The van der Waals surface area contributed by atoms with Crippen molar-refractivity contribution in [3.63, 3.8) is 0 Å². The molecular weight excluding hydrogens is 390 g/mol. The lowest BCUT2D eigenvalue weighted by molar-refractivity contribution is -0.146. The van der Waals surface area contributed by atoms with Gasteiger partial charge < -0.3 is 15.5 Å². The van der Waals surface area contributed by atoms with Crippen LogP contribution in [-0.2, 0) is 14.4 Å². The molecule has 5 rings (SSSR count). The number of piperidine rings is 1. The quantitative estimate of drug-likeness (QED) is 0.619. The van der Waals surface area contributed by atoms with Crippen molar-refractivity contribution in [3.05, 3.63) is 0 Å². The number of amides is 3. The van der Waals surface area contributed by atoms with Crippen molar-refractivity contribution < 1.29 is 14.4 Å². The molecule has 0 aromatic rings. The van der Waals surface area contributed by atoms with E-state index in [-0.39, 0.29) is 35.1 Å². The predicted octanol–water partition coefficient (Wildman–Crippen LogP) is 3.25. The van der Waals surface area contributed by atoms with Gasteiger partial charge in [-0.05, 0) is 82.0 Å². The van der Waals surface area contributed by atoms with E-state index in [1.54, 1.807) is 0 Å². The first kappa shape index (κ1) is 22.6. The molecule has 2 N–H and O–H groups in total. The fourth-order valence-corrected chi connectivity index (χ4v) is 7.31. The van der Waals surface area contributed by atoms with Gasteiger partial charge in [-0.1, -0.05) is 13.8 Å². The zero-order valence-corrected chi connectivity index (χ0v) is 19.5. The van der Waals surface area contributed by atoms with E-state index in [9.17, 15) is 14.4 Å². The smallest absolute Gasteiger partial charge is 0.226 e. The molecule has 1 aliphatic heterocycles. The van der Waals surface area contributed by atoms with Crippen molar-refractivity contribution in [1.82, 2.24) is 15.5 Å². The summed E-state index contributed by atoms with van der Waals surface area (Å²) in [5, 5.41) is 6.22. The number of rotatable bonds is 8. The van der Waals surface area contributed by atoms with Crippen molar-refractivity contribution in [2.75, 3.05) is 19.6 Å². The summed E-state index contributed by atoms with van der Waals surface area (Å²) in [5.41, 5.74) is -0.139. The highest BCUT2D eigenvalue weighted by Gasteiger charge is 2.54. The first-order valence-corrected chi connectivity index (χ1v) is 12.8. The molecular formula is C25H41N3O3. The number of nitrogens with zero attached hydrogens (tertiary/aromatic N) is 1. The minimum atomic E-state index is -0.139. The molecule has 0 unspecified atom stereocenters. The van der Waals surface area contributed by atoms with Crippen molar-refractivity contribution in [3.8, 4) is 0 Å². The Morgan fingerprint density at radius 3 is 2.00 bits per heavy atom. The van der Waals surface area contributed by atoms with Crippen molar-refractivity contribution in [1.29, 1.82) is 0 Å². The van der Waals surface area contributed by atoms with Gasteiger partial charge in [0.2, 0.25) is 17.7 Å². The molecule has 4 bridgehead atoms. The van der Waals surface area contributed by atoms with Gasteiger partial charge in [0.05, 0.1) is 0 Å². The van der Waals surface area contributed by atoms with Crippen LogP contribution in [0, 0.1) is 29.1 Å². The van der Waals surface area contributed by atoms with E-state index in [4.69, 9.17) is 0 Å².